The molecule has 0 aliphatic carbocycles. The van der Waals surface area contributed by atoms with Crippen LogP contribution < -0.4 is 10.1 Å². The van der Waals surface area contributed by atoms with Crippen LogP contribution in [-0.2, 0) is 10.9 Å². The van der Waals surface area contributed by atoms with E-state index in [9.17, 15) is 13.2 Å². The maximum atomic E-state index is 13.2. The van der Waals surface area contributed by atoms with Crippen LogP contribution in [0, 0.1) is 0 Å². The molecular weight excluding hydrogens is 399 g/mol. The second-order valence-electron chi connectivity index (χ2n) is 7.04. The average Bonchev–Trinajstić information content (AvgIpc) is 3.21. The van der Waals surface area contributed by atoms with Gasteiger partial charge < -0.3 is 24.7 Å². The van der Waals surface area contributed by atoms with Gasteiger partial charge in [0.25, 0.3) is 0 Å². The summed E-state index contributed by atoms with van der Waals surface area (Å²) >= 11 is 0. The lowest BCUT2D eigenvalue weighted by molar-refractivity contribution is -0.140. The highest BCUT2D eigenvalue weighted by Gasteiger charge is 2.34. The van der Waals surface area contributed by atoms with E-state index in [1.165, 1.54) is 6.33 Å². The lowest BCUT2D eigenvalue weighted by atomic mass is 9.99. The molecule has 0 bridgehead atoms. The number of hydrogen-bond donors (Lipinski definition) is 2. The molecular formula is C20H18F3N5O2. The van der Waals surface area contributed by atoms with E-state index in [4.69, 9.17) is 9.47 Å². The molecule has 10 heteroatoms. The van der Waals surface area contributed by atoms with Crippen LogP contribution in [0.5, 0.6) is 5.75 Å². The summed E-state index contributed by atoms with van der Waals surface area (Å²) in [5.74, 6) is 0.995. The van der Waals surface area contributed by atoms with Gasteiger partial charge in [-0.3, -0.25) is 0 Å². The highest BCUT2D eigenvalue weighted by Crippen LogP contribution is 2.39. The van der Waals surface area contributed by atoms with E-state index < -0.39 is 11.9 Å². The maximum absolute atomic E-state index is 13.2. The van der Waals surface area contributed by atoms with Crippen molar-refractivity contribution in [1.29, 1.82) is 0 Å². The number of anilines is 1. The number of morpholine rings is 1. The predicted octanol–water partition coefficient (Wildman–Crippen LogP) is 3.70. The molecule has 30 heavy (non-hydrogen) atoms. The van der Waals surface area contributed by atoms with Crippen molar-refractivity contribution in [2.45, 2.75) is 12.2 Å². The zero-order chi connectivity index (χ0) is 20.7. The smallest absolute Gasteiger partial charge is 0.431 e. The maximum Gasteiger partial charge on any atom is 0.431 e. The molecule has 0 spiro atoms. The third kappa shape index (κ3) is 3.32. The summed E-state index contributed by atoms with van der Waals surface area (Å²) in [7, 11) is 0. The monoisotopic (exact) mass is 417 g/mol. The molecule has 0 amide bonds. The Morgan fingerprint density at radius 1 is 1.13 bits per heavy atom. The molecule has 1 atom stereocenters. The van der Waals surface area contributed by atoms with Crippen LogP contribution in [0.25, 0.3) is 11.0 Å². The summed E-state index contributed by atoms with van der Waals surface area (Å²) in [4.78, 5) is 12.6. The Labute approximate surface area is 169 Å². The number of alkyl halides is 3. The van der Waals surface area contributed by atoms with Crippen molar-refractivity contribution in [3.05, 3.63) is 59.9 Å². The molecule has 4 heterocycles. The van der Waals surface area contributed by atoms with E-state index in [0.717, 1.165) is 17.3 Å². The Kier molecular flexibility index (Phi) is 4.50. The topological polar surface area (TPSA) is 75.3 Å². The normalized spacial score (nSPS) is 19.2. The van der Waals surface area contributed by atoms with Crippen LogP contribution in [0.3, 0.4) is 0 Å². The molecule has 7 nitrogen and oxygen atoms in total. The number of ether oxygens (including phenoxy) is 2. The van der Waals surface area contributed by atoms with Crippen molar-refractivity contribution in [2.24, 2.45) is 0 Å². The van der Waals surface area contributed by atoms with Crippen molar-refractivity contribution in [3.8, 4) is 5.75 Å². The molecule has 1 saturated heterocycles. The summed E-state index contributed by atoms with van der Waals surface area (Å²) in [6.45, 7) is 2.57. The summed E-state index contributed by atoms with van der Waals surface area (Å²) in [5, 5.41) is 3.60. The molecule has 2 aromatic heterocycles. The van der Waals surface area contributed by atoms with Crippen LogP contribution in [0.1, 0.15) is 17.3 Å². The molecule has 2 aliphatic rings. The molecule has 2 aliphatic heterocycles. The number of fused-ring (bicyclic) bond motifs is 2. The minimum atomic E-state index is -4.50. The van der Waals surface area contributed by atoms with Gasteiger partial charge in [-0.2, -0.15) is 13.2 Å². The number of nitrogens with zero attached hydrogens (tertiary/aromatic N) is 3. The lowest BCUT2D eigenvalue weighted by Gasteiger charge is -2.37. The van der Waals surface area contributed by atoms with Crippen molar-refractivity contribution in [3.63, 3.8) is 0 Å². The van der Waals surface area contributed by atoms with Crippen LogP contribution in [0.15, 0.2) is 48.6 Å². The fraction of sp³-hybridized carbons (Fsp3) is 0.300. The Morgan fingerprint density at radius 2 is 1.93 bits per heavy atom. The zero-order valence-electron chi connectivity index (χ0n) is 15.7. The molecule has 1 aromatic carbocycles. The summed E-state index contributed by atoms with van der Waals surface area (Å²) < 4.78 is 50.8. The number of aromatic nitrogens is 3. The molecule has 0 saturated carbocycles. The summed E-state index contributed by atoms with van der Waals surface area (Å²) in [5.41, 5.74) is 1.00. The van der Waals surface area contributed by atoms with E-state index in [1.54, 1.807) is 6.26 Å². The number of hydrogen-bond acceptors (Lipinski definition) is 6. The Hall–Kier alpha value is -3.27. The van der Waals surface area contributed by atoms with E-state index >= 15 is 0 Å². The van der Waals surface area contributed by atoms with E-state index in [2.05, 4.69) is 25.2 Å². The van der Waals surface area contributed by atoms with E-state index in [-0.39, 0.29) is 17.1 Å². The molecule has 5 rings (SSSR count). The minimum absolute atomic E-state index is 0.122. The lowest BCUT2D eigenvalue weighted by Crippen LogP contribution is -2.39. The van der Waals surface area contributed by atoms with Gasteiger partial charge in [-0.1, -0.05) is 18.2 Å². The van der Waals surface area contributed by atoms with Gasteiger partial charge in [-0.05, 0) is 12.1 Å². The molecule has 1 fully saturated rings. The first-order chi connectivity index (χ1) is 14.5. The van der Waals surface area contributed by atoms with Gasteiger partial charge in [0.15, 0.2) is 0 Å². The SMILES string of the molecule is FC(F)(F)c1cc2c(N[C@@H]3C(N4CCOCC4)=COc4ccccc43)ncnc2[nH]1. The molecule has 2 N–H and O–H groups in total. The Balaban J connectivity index is 1.56. The first-order valence-electron chi connectivity index (χ1n) is 9.46. The van der Waals surface area contributed by atoms with Crippen LogP contribution in [0.4, 0.5) is 19.0 Å². The number of nitrogens with one attached hydrogen (secondary N) is 2. The van der Waals surface area contributed by atoms with Crippen LogP contribution >= 0.6 is 0 Å². The molecule has 0 unspecified atom stereocenters. The van der Waals surface area contributed by atoms with Gasteiger partial charge in [-0.25, -0.2) is 9.97 Å². The van der Waals surface area contributed by atoms with Crippen LogP contribution in [-0.4, -0.2) is 46.2 Å². The van der Waals surface area contributed by atoms with Crippen LogP contribution in [0.2, 0.25) is 0 Å². The summed E-state index contributed by atoms with van der Waals surface area (Å²) in [6, 6.07) is 8.22. The quantitative estimate of drug-likeness (QED) is 0.677. The van der Waals surface area contributed by atoms with Gasteiger partial charge >= 0.3 is 6.18 Å². The minimum Gasteiger partial charge on any atom is -0.463 e. The first kappa shape index (κ1) is 18.7. The Bertz CT molecular complexity index is 1110. The Morgan fingerprint density at radius 3 is 2.73 bits per heavy atom. The average molecular weight is 417 g/mol. The third-order valence-electron chi connectivity index (χ3n) is 5.22. The highest BCUT2D eigenvalue weighted by atomic mass is 19.4. The molecule has 0 radical (unpaired) electrons. The van der Waals surface area contributed by atoms with Crippen molar-refractivity contribution in [2.75, 3.05) is 31.6 Å². The predicted molar refractivity (Wildman–Crippen MR) is 103 cm³/mol. The number of H-pyrrole nitrogens is 1. The second-order valence-corrected chi connectivity index (χ2v) is 7.04. The number of benzene rings is 1. The standard InChI is InChI=1S/C20H18F3N5O2/c21-20(22,23)16-9-13-18(26-16)24-11-25-19(13)27-17-12-3-1-2-4-15(12)30-10-14(17)28-5-7-29-8-6-28/h1-4,9-11,17H,5-8H2,(H2,24,25,26,27)/t17-/m0/s1. The fourth-order valence-electron chi connectivity index (χ4n) is 3.75. The van der Waals surface area contributed by atoms with E-state index in [1.807, 2.05) is 24.3 Å². The first-order valence-corrected chi connectivity index (χ1v) is 9.46. The van der Waals surface area contributed by atoms with Gasteiger partial charge in [0, 0.05) is 18.7 Å². The molecule has 156 valence electrons. The number of aromatic amines is 1. The second kappa shape index (κ2) is 7.21. The van der Waals surface area contributed by atoms with Gasteiger partial charge in [0.2, 0.25) is 0 Å². The number of rotatable bonds is 3. The summed E-state index contributed by atoms with van der Waals surface area (Å²) in [6.07, 6.45) is -1.57. The number of halogens is 3. The third-order valence-corrected chi connectivity index (χ3v) is 5.22. The van der Waals surface area contributed by atoms with Gasteiger partial charge in [-0.15, -0.1) is 0 Å². The number of para-hydroxylation sites is 1. The van der Waals surface area contributed by atoms with Gasteiger partial charge in [0.05, 0.1) is 30.3 Å². The highest BCUT2D eigenvalue weighted by molar-refractivity contribution is 5.88. The fourth-order valence-corrected chi connectivity index (χ4v) is 3.75. The van der Waals surface area contributed by atoms with Crippen molar-refractivity contribution in [1.82, 2.24) is 19.9 Å². The van der Waals surface area contributed by atoms with Gasteiger partial charge in [0.1, 0.15) is 35.5 Å². The van der Waals surface area contributed by atoms with E-state index in [0.29, 0.717) is 37.9 Å². The van der Waals surface area contributed by atoms with Crippen molar-refractivity contribution >= 4 is 16.9 Å². The zero-order valence-corrected chi connectivity index (χ0v) is 15.7. The van der Waals surface area contributed by atoms with Crippen molar-refractivity contribution < 1.29 is 22.6 Å². The molecule has 3 aromatic rings. The largest absolute Gasteiger partial charge is 0.463 e.